The minimum absolute atomic E-state index is 0.195. The summed E-state index contributed by atoms with van der Waals surface area (Å²) in [5, 5.41) is 12.6. The summed E-state index contributed by atoms with van der Waals surface area (Å²) in [7, 11) is 1.75. The number of hydrogen-bond donors (Lipinski definition) is 3. The van der Waals surface area contributed by atoms with Gasteiger partial charge in [-0.2, -0.15) is 0 Å². The van der Waals surface area contributed by atoms with E-state index in [-0.39, 0.29) is 5.92 Å². The molecular weight excluding hydrogens is 128 g/mol. The Kier molecular flexibility index (Phi) is 3.86. The van der Waals surface area contributed by atoms with Gasteiger partial charge in [0.25, 0.3) is 0 Å². The second-order valence-corrected chi connectivity index (χ2v) is 2.87. The van der Waals surface area contributed by atoms with Gasteiger partial charge in [0.1, 0.15) is 5.72 Å². The van der Waals surface area contributed by atoms with Crippen LogP contribution in [0.2, 0.25) is 0 Å². The fourth-order valence-electron chi connectivity index (χ4n) is 0.922. The summed E-state index contributed by atoms with van der Waals surface area (Å²) >= 11 is 0. The van der Waals surface area contributed by atoms with E-state index in [1.165, 1.54) is 0 Å². The van der Waals surface area contributed by atoms with Gasteiger partial charge in [0, 0.05) is 6.42 Å². The third-order valence-corrected chi connectivity index (χ3v) is 1.91. The van der Waals surface area contributed by atoms with E-state index >= 15 is 0 Å². The topological polar surface area (TPSA) is 58.3 Å². The minimum Gasteiger partial charge on any atom is -0.376 e. The zero-order chi connectivity index (χ0) is 8.20. The number of aliphatic hydroxyl groups is 1. The van der Waals surface area contributed by atoms with Gasteiger partial charge in [0.2, 0.25) is 0 Å². The Hall–Kier alpha value is -0.120. The molecule has 0 aromatic carbocycles. The van der Waals surface area contributed by atoms with Crippen molar-refractivity contribution in [3.8, 4) is 0 Å². The fraction of sp³-hybridized carbons (Fsp3) is 1.00. The smallest absolute Gasteiger partial charge is 0.119 e. The predicted molar refractivity (Wildman–Crippen MR) is 42.5 cm³/mol. The molecule has 0 aliphatic rings. The van der Waals surface area contributed by atoms with E-state index in [1.807, 2.05) is 13.8 Å². The molecule has 62 valence electrons. The number of nitrogens with two attached hydrogens (primary N) is 1. The minimum atomic E-state index is -0.783. The van der Waals surface area contributed by atoms with Gasteiger partial charge in [-0.05, 0) is 19.5 Å². The van der Waals surface area contributed by atoms with E-state index in [0.717, 1.165) is 0 Å². The van der Waals surface area contributed by atoms with Crippen molar-refractivity contribution in [2.45, 2.75) is 26.0 Å². The van der Waals surface area contributed by atoms with E-state index in [4.69, 9.17) is 5.73 Å². The molecule has 0 aromatic rings. The van der Waals surface area contributed by atoms with Crippen molar-refractivity contribution >= 4 is 0 Å². The van der Waals surface area contributed by atoms with Crippen LogP contribution in [0.25, 0.3) is 0 Å². The Morgan fingerprint density at radius 1 is 1.60 bits per heavy atom. The number of hydrogen-bond acceptors (Lipinski definition) is 3. The first-order valence-corrected chi connectivity index (χ1v) is 3.68. The first-order valence-electron chi connectivity index (χ1n) is 3.68. The number of rotatable bonds is 4. The van der Waals surface area contributed by atoms with Crippen LogP contribution in [-0.4, -0.2) is 24.4 Å². The Labute approximate surface area is 62.6 Å². The fourth-order valence-corrected chi connectivity index (χ4v) is 0.922. The van der Waals surface area contributed by atoms with Crippen LogP contribution in [-0.2, 0) is 0 Å². The summed E-state index contributed by atoms with van der Waals surface area (Å²) < 4.78 is 0. The van der Waals surface area contributed by atoms with Gasteiger partial charge in [-0.1, -0.05) is 13.8 Å². The predicted octanol–water partition coefficient (Wildman–Crippen LogP) is -0.101. The molecule has 3 heteroatoms. The molecule has 0 rings (SSSR count). The average Bonchev–Trinajstić information content (AvgIpc) is 1.88. The maximum absolute atomic E-state index is 9.71. The van der Waals surface area contributed by atoms with E-state index in [2.05, 4.69) is 5.32 Å². The van der Waals surface area contributed by atoms with E-state index < -0.39 is 5.72 Å². The van der Waals surface area contributed by atoms with Crippen LogP contribution >= 0.6 is 0 Å². The third kappa shape index (κ3) is 2.25. The first-order chi connectivity index (χ1) is 4.56. The third-order valence-electron chi connectivity index (χ3n) is 1.91. The van der Waals surface area contributed by atoms with Crippen molar-refractivity contribution < 1.29 is 5.11 Å². The molecule has 0 saturated carbocycles. The molecule has 1 unspecified atom stereocenters. The van der Waals surface area contributed by atoms with Gasteiger partial charge in [0.05, 0.1) is 0 Å². The summed E-state index contributed by atoms with van der Waals surface area (Å²) in [5.74, 6) is 0.195. The summed E-state index contributed by atoms with van der Waals surface area (Å²) in [5.41, 5.74) is 4.54. The largest absolute Gasteiger partial charge is 0.376 e. The lowest BCUT2D eigenvalue weighted by molar-refractivity contribution is -0.0360. The van der Waals surface area contributed by atoms with E-state index in [9.17, 15) is 5.11 Å². The second-order valence-electron chi connectivity index (χ2n) is 2.87. The van der Waals surface area contributed by atoms with Crippen molar-refractivity contribution in [2.24, 2.45) is 11.7 Å². The molecule has 0 aliphatic heterocycles. The van der Waals surface area contributed by atoms with Gasteiger partial charge in [-0.3, -0.25) is 5.32 Å². The summed E-state index contributed by atoms with van der Waals surface area (Å²) in [6.07, 6.45) is 0.598. The quantitative estimate of drug-likeness (QED) is 0.485. The summed E-state index contributed by atoms with van der Waals surface area (Å²) in [4.78, 5) is 0. The van der Waals surface area contributed by atoms with Crippen molar-refractivity contribution in [1.29, 1.82) is 0 Å². The molecule has 0 spiro atoms. The molecule has 3 nitrogen and oxygen atoms in total. The molecule has 0 fully saturated rings. The first kappa shape index (κ1) is 9.88. The van der Waals surface area contributed by atoms with Crippen LogP contribution < -0.4 is 11.1 Å². The molecule has 4 N–H and O–H groups in total. The van der Waals surface area contributed by atoms with Gasteiger partial charge >= 0.3 is 0 Å². The molecule has 0 saturated heterocycles. The molecule has 0 aliphatic carbocycles. The highest BCUT2D eigenvalue weighted by Crippen LogP contribution is 2.15. The van der Waals surface area contributed by atoms with Crippen LogP contribution in [0, 0.1) is 5.92 Å². The van der Waals surface area contributed by atoms with Gasteiger partial charge in [-0.25, -0.2) is 0 Å². The molecule has 0 radical (unpaired) electrons. The van der Waals surface area contributed by atoms with Crippen molar-refractivity contribution in [3.05, 3.63) is 0 Å². The summed E-state index contributed by atoms with van der Waals surface area (Å²) in [6, 6.07) is 0. The molecule has 0 bridgehead atoms. The Morgan fingerprint density at radius 2 is 2.10 bits per heavy atom. The van der Waals surface area contributed by atoms with Crippen LogP contribution in [0.5, 0.6) is 0 Å². The standard InChI is InChI=1S/C7H18N2O/c1-6(2)7(10,9-3)4-5-8/h6,9-10H,4-5,8H2,1-3H3. The lowest BCUT2D eigenvalue weighted by Crippen LogP contribution is -2.48. The van der Waals surface area contributed by atoms with Crippen LogP contribution in [0.3, 0.4) is 0 Å². The highest BCUT2D eigenvalue weighted by Gasteiger charge is 2.27. The van der Waals surface area contributed by atoms with Crippen molar-refractivity contribution in [1.82, 2.24) is 5.32 Å². The normalized spacial score (nSPS) is 17.4. The lowest BCUT2D eigenvalue weighted by Gasteiger charge is -2.31. The van der Waals surface area contributed by atoms with Crippen LogP contribution in [0.15, 0.2) is 0 Å². The van der Waals surface area contributed by atoms with Crippen molar-refractivity contribution in [3.63, 3.8) is 0 Å². The maximum Gasteiger partial charge on any atom is 0.119 e. The van der Waals surface area contributed by atoms with Crippen molar-refractivity contribution in [2.75, 3.05) is 13.6 Å². The van der Waals surface area contributed by atoms with Crippen LogP contribution in [0.4, 0.5) is 0 Å². The highest BCUT2D eigenvalue weighted by molar-refractivity contribution is 4.77. The molecule has 1 atom stereocenters. The molecule has 0 heterocycles. The monoisotopic (exact) mass is 146 g/mol. The van der Waals surface area contributed by atoms with Gasteiger partial charge < -0.3 is 10.8 Å². The zero-order valence-corrected chi connectivity index (χ0v) is 7.02. The SMILES string of the molecule is CNC(O)(CCN)C(C)C. The van der Waals surface area contributed by atoms with Crippen LogP contribution in [0.1, 0.15) is 20.3 Å². The van der Waals surface area contributed by atoms with E-state index in [1.54, 1.807) is 7.05 Å². The second kappa shape index (κ2) is 3.91. The molecule has 10 heavy (non-hydrogen) atoms. The van der Waals surface area contributed by atoms with E-state index in [0.29, 0.717) is 13.0 Å². The molecular formula is C7H18N2O. The molecule has 0 amide bonds. The Bertz CT molecular complexity index is 95.6. The van der Waals surface area contributed by atoms with Gasteiger partial charge in [0.15, 0.2) is 0 Å². The van der Waals surface area contributed by atoms with Gasteiger partial charge in [-0.15, -0.1) is 0 Å². The lowest BCUT2D eigenvalue weighted by atomic mass is 9.96. The zero-order valence-electron chi connectivity index (χ0n) is 7.02. The maximum atomic E-state index is 9.71. The summed E-state index contributed by atoms with van der Waals surface area (Å²) in [6.45, 7) is 4.44. The Balaban J connectivity index is 3.94. The Morgan fingerprint density at radius 3 is 2.20 bits per heavy atom. The average molecular weight is 146 g/mol. The number of nitrogens with one attached hydrogen (secondary N) is 1. The highest BCUT2D eigenvalue weighted by atomic mass is 16.3. The molecule has 0 aromatic heterocycles.